The van der Waals surface area contributed by atoms with Gasteiger partial charge in [-0.1, -0.05) is 0 Å². The van der Waals surface area contributed by atoms with Gasteiger partial charge in [0.05, 0.1) is 0 Å². The highest BCUT2D eigenvalue weighted by molar-refractivity contribution is 5.73. The summed E-state index contributed by atoms with van der Waals surface area (Å²) >= 11 is 0. The molecule has 1 aliphatic carbocycles. The molecule has 2 N–H and O–H groups in total. The van der Waals surface area contributed by atoms with Crippen molar-refractivity contribution in [3.05, 3.63) is 17.5 Å². The maximum absolute atomic E-state index is 12.4. The lowest BCUT2D eigenvalue weighted by atomic mass is 10.2. The van der Waals surface area contributed by atoms with Gasteiger partial charge in [0.2, 0.25) is 5.91 Å². The van der Waals surface area contributed by atoms with Crippen molar-refractivity contribution in [1.29, 1.82) is 0 Å². The molecule has 0 aliphatic heterocycles. The number of alkyl halides is 2. The Hall–Kier alpha value is -1.46. The number of hydrogen-bond acceptors (Lipinski definition) is 2. The van der Waals surface area contributed by atoms with E-state index in [1.165, 1.54) is 10.7 Å². The Morgan fingerprint density at radius 1 is 1.67 bits per heavy atom. The maximum Gasteiger partial charge on any atom is 0.282 e. The molecule has 82 valence electrons. The number of halogens is 2. The van der Waals surface area contributed by atoms with Gasteiger partial charge in [0.25, 0.3) is 6.43 Å². The molecule has 1 saturated carbocycles. The van der Waals surface area contributed by atoms with E-state index in [0.717, 1.165) is 12.8 Å². The van der Waals surface area contributed by atoms with Crippen LogP contribution >= 0.6 is 0 Å². The predicted octanol–water partition coefficient (Wildman–Crippen LogP) is 1.18. The Morgan fingerprint density at radius 2 is 2.33 bits per heavy atom. The average molecular weight is 215 g/mol. The van der Waals surface area contributed by atoms with Crippen LogP contribution in [0.1, 0.15) is 36.6 Å². The second-order valence-corrected chi connectivity index (χ2v) is 3.69. The summed E-state index contributed by atoms with van der Waals surface area (Å²) in [5.74, 6) is -0.301. The molecule has 0 spiro atoms. The molecular weight excluding hydrogens is 204 g/mol. The van der Waals surface area contributed by atoms with E-state index in [0.29, 0.717) is 5.69 Å². The van der Waals surface area contributed by atoms with Crippen molar-refractivity contribution in [3.63, 3.8) is 0 Å². The molecule has 15 heavy (non-hydrogen) atoms. The zero-order valence-electron chi connectivity index (χ0n) is 7.99. The monoisotopic (exact) mass is 215 g/mol. The molecule has 1 aliphatic rings. The number of primary amides is 1. The summed E-state index contributed by atoms with van der Waals surface area (Å²) < 4.78 is 26.1. The summed E-state index contributed by atoms with van der Waals surface area (Å²) in [7, 11) is 0. The van der Waals surface area contributed by atoms with E-state index in [2.05, 4.69) is 5.10 Å². The molecule has 6 heteroatoms. The van der Waals surface area contributed by atoms with Gasteiger partial charge < -0.3 is 5.73 Å². The second-order valence-electron chi connectivity index (χ2n) is 3.69. The van der Waals surface area contributed by atoms with Crippen LogP contribution in [0.2, 0.25) is 0 Å². The van der Waals surface area contributed by atoms with Crippen LogP contribution in [0.15, 0.2) is 6.07 Å². The molecule has 0 aromatic carbocycles. The van der Waals surface area contributed by atoms with Gasteiger partial charge in [-0.05, 0) is 18.9 Å². The van der Waals surface area contributed by atoms with Crippen LogP contribution in [0.25, 0.3) is 0 Å². The fourth-order valence-corrected chi connectivity index (χ4v) is 1.54. The number of carbonyl (C=O) groups is 1. The minimum absolute atomic E-state index is 0.126. The van der Waals surface area contributed by atoms with Crippen LogP contribution in [0.4, 0.5) is 8.78 Å². The van der Waals surface area contributed by atoms with Gasteiger partial charge in [-0.15, -0.1) is 0 Å². The largest absolute Gasteiger partial charge is 0.368 e. The van der Waals surface area contributed by atoms with E-state index < -0.39 is 12.3 Å². The Morgan fingerprint density at radius 3 is 2.80 bits per heavy atom. The fraction of sp³-hybridized carbons (Fsp3) is 0.556. The topological polar surface area (TPSA) is 60.9 Å². The highest BCUT2D eigenvalue weighted by Gasteiger charge is 2.29. The summed E-state index contributed by atoms with van der Waals surface area (Å²) in [6, 6.07) is 1.37. The van der Waals surface area contributed by atoms with Crippen LogP contribution in [0.5, 0.6) is 0 Å². The molecular formula is C9H11F2N3O. The first kappa shape index (κ1) is 10.1. The van der Waals surface area contributed by atoms with E-state index >= 15 is 0 Å². The molecule has 0 unspecified atom stereocenters. The zero-order valence-corrected chi connectivity index (χ0v) is 7.99. The molecule has 0 atom stereocenters. The Kier molecular flexibility index (Phi) is 2.42. The van der Waals surface area contributed by atoms with E-state index in [-0.39, 0.29) is 18.2 Å². The van der Waals surface area contributed by atoms with Crippen molar-refractivity contribution >= 4 is 5.91 Å². The number of hydrogen-bond donors (Lipinski definition) is 1. The quantitative estimate of drug-likeness (QED) is 0.819. The highest BCUT2D eigenvalue weighted by Crippen LogP contribution is 2.41. The summed E-state index contributed by atoms with van der Waals surface area (Å²) in [6.45, 7) is -0.126. The Bertz CT molecular complexity index is 385. The molecule has 2 rings (SSSR count). The molecule has 1 fully saturated rings. The first-order valence-electron chi connectivity index (χ1n) is 4.72. The molecule has 1 aromatic rings. The standard InChI is InChI=1S/C9H11F2N3O/c10-9(11)6-3-7(5-1-2-5)14(13-6)4-8(12)15/h3,5,9H,1-2,4H2,(H2,12,15). The van der Waals surface area contributed by atoms with Gasteiger partial charge in [0.1, 0.15) is 12.2 Å². The van der Waals surface area contributed by atoms with Gasteiger partial charge in [-0.25, -0.2) is 8.78 Å². The van der Waals surface area contributed by atoms with E-state index in [9.17, 15) is 13.6 Å². The molecule has 4 nitrogen and oxygen atoms in total. The minimum Gasteiger partial charge on any atom is -0.368 e. The van der Waals surface area contributed by atoms with Crippen LogP contribution in [0.3, 0.4) is 0 Å². The predicted molar refractivity (Wildman–Crippen MR) is 48.4 cm³/mol. The van der Waals surface area contributed by atoms with E-state index in [1.54, 1.807) is 0 Å². The Balaban J connectivity index is 2.28. The van der Waals surface area contributed by atoms with Gasteiger partial charge >= 0.3 is 0 Å². The van der Waals surface area contributed by atoms with Gasteiger partial charge in [0.15, 0.2) is 0 Å². The minimum atomic E-state index is -2.60. The normalized spacial score (nSPS) is 15.9. The molecule has 0 radical (unpaired) electrons. The third-order valence-electron chi connectivity index (χ3n) is 2.35. The first-order chi connectivity index (χ1) is 7.08. The fourth-order valence-electron chi connectivity index (χ4n) is 1.54. The van der Waals surface area contributed by atoms with Gasteiger partial charge in [-0.3, -0.25) is 9.48 Å². The smallest absolute Gasteiger partial charge is 0.282 e. The van der Waals surface area contributed by atoms with Crippen molar-refractivity contribution < 1.29 is 13.6 Å². The SMILES string of the molecule is NC(=O)Cn1nc(C(F)F)cc1C1CC1. The van der Waals surface area contributed by atoms with E-state index in [1.807, 2.05) is 0 Å². The van der Waals surface area contributed by atoms with Crippen molar-refractivity contribution in [2.75, 3.05) is 0 Å². The average Bonchev–Trinajstić information content (AvgIpc) is 2.88. The molecule has 1 heterocycles. The zero-order chi connectivity index (χ0) is 11.0. The Labute approximate surface area is 85.1 Å². The number of rotatable bonds is 4. The lowest BCUT2D eigenvalue weighted by molar-refractivity contribution is -0.118. The molecule has 1 amide bonds. The van der Waals surface area contributed by atoms with Crippen molar-refractivity contribution in [2.45, 2.75) is 31.7 Å². The van der Waals surface area contributed by atoms with Crippen LogP contribution < -0.4 is 5.73 Å². The molecule has 1 aromatic heterocycles. The number of nitrogens with zero attached hydrogens (tertiary/aromatic N) is 2. The van der Waals surface area contributed by atoms with Crippen molar-refractivity contribution in [2.24, 2.45) is 5.73 Å². The van der Waals surface area contributed by atoms with Crippen LogP contribution in [0, 0.1) is 0 Å². The van der Waals surface area contributed by atoms with Gasteiger partial charge in [0, 0.05) is 11.6 Å². The first-order valence-corrected chi connectivity index (χ1v) is 4.72. The van der Waals surface area contributed by atoms with Crippen LogP contribution in [-0.2, 0) is 11.3 Å². The maximum atomic E-state index is 12.4. The van der Waals surface area contributed by atoms with Crippen LogP contribution in [-0.4, -0.2) is 15.7 Å². The molecule has 0 bridgehead atoms. The summed E-state index contributed by atoms with van der Waals surface area (Å²) in [5, 5.41) is 3.68. The number of nitrogens with two attached hydrogens (primary N) is 1. The lowest BCUT2D eigenvalue weighted by Gasteiger charge is -2.02. The summed E-state index contributed by atoms with van der Waals surface area (Å²) in [4.78, 5) is 10.7. The van der Waals surface area contributed by atoms with Crippen molar-refractivity contribution in [1.82, 2.24) is 9.78 Å². The number of amides is 1. The van der Waals surface area contributed by atoms with Crippen molar-refractivity contribution in [3.8, 4) is 0 Å². The highest BCUT2D eigenvalue weighted by atomic mass is 19.3. The van der Waals surface area contributed by atoms with E-state index in [4.69, 9.17) is 5.73 Å². The second kappa shape index (κ2) is 3.60. The molecule has 0 saturated heterocycles. The summed E-state index contributed by atoms with van der Waals surface area (Å²) in [6.07, 6.45) is -0.670. The number of carbonyl (C=O) groups excluding carboxylic acids is 1. The number of aromatic nitrogens is 2. The third kappa shape index (κ3) is 2.14. The summed E-state index contributed by atoms with van der Waals surface area (Å²) in [5.41, 5.74) is 5.43. The third-order valence-corrected chi connectivity index (χ3v) is 2.35. The lowest BCUT2D eigenvalue weighted by Crippen LogP contribution is -2.20. The van der Waals surface area contributed by atoms with Gasteiger partial charge in [-0.2, -0.15) is 5.10 Å².